The third-order valence-corrected chi connectivity index (χ3v) is 3.45. The van der Waals surface area contributed by atoms with Crippen LogP contribution >= 0.6 is 12.4 Å². The lowest BCUT2D eigenvalue weighted by atomic mass is 10.1. The minimum Gasteiger partial charge on any atom is -0.490 e. The van der Waals surface area contributed by atoms with Gasteiger partial charge in [0.1, 0.15) is 0 Å². The summed E-state index contributed by atoms with van der Waals surface area (Å²) in [5.74, 6) is 0.00705. The lowest BCUT2D eigenvalue weighted by Crippen LogP contribution is -2.26. The maximum atomic E-state index is 12.4. The first-order valence-corrected chi connectivity index (χ1v) is 7.72. The van der Waals surface area contributed by atoms with Crippen molar-refractivity contribution in [3.63, 3.8) is 0 Å². The smallest absolute Gasteiger partial charge is 0.387 e. The Morgan fingerprint density at radius 1 is 1.15 bits per heavy atom. The number of rotatable bonds is 7. The number of hydrogen-bond acceptors (Lipinski definition) is 4. The molecule has 2 aromatic rings. The Bertz CT molecular complexity index is 727. The number of anilines is 1. The van der Waals surface area contributed by atoms with E-state index < -0.39 is 6.61 Å². The molecule has 2 aromatic carbocycles. The first-order valence-electron chi connectivity index (χ1n) is 7.72. The molecule has 2 rings (SSSR count). The van der Waals surface area contributed by atoms with Gasteiger partial charge in [-0.1, -0.05) is 6.07 Å². The van der Waals surface area contributed by atoms with Crippen LogP contribution in [0.3, 0.4) is 0 Å². The van der Waals surface area contributed by atoms with Gasteiger partial charge in [-0.15, -0.1) is 12.4 Å². The Kier molecular flexibility index (Phi) is 8.12. The number of nitrogens with two attached hydrogens (primary N) is 1. The molecule has 0 saturated heterocycles. The molecule has 1 amide bonds. The zero-order valence-corrected chi connectivity index (χ0v) is 15.3. The first-order chi connectivity index (χ1) is 11.9. The lowest BCUT2D eigenvalue weighted by Gasteiger charge is -2.19. The van der Waals surface area contributed by atoms with Gasteiger partial charge in [0, 0.05) is 24.8 Å². The number of halogens is 3. The summed E-state index contributed by atoms with van der Waals surface area (Å²) < 4.78 is 34.6. The van der Waals surface area contributed by atoms with Crippen LogP contribution in [0.25, 0.3) is 0 Å². The van der Waals surface area contributed by atoms with Gasteiger partial charge in [0.25, 0.3) is 5.91 Å². The maximum Gasteiger partial charge on any atom is 0.387 e. The van der Waals surface area contributed by atoms with Gasteiger partial charge in [-0.2, -0.15) is 8.78 Å². The Balaban J connectivity index is 0.00000338. The van der Waals surface area contributed by atoms with Crippen LogP contribution in [0, 0.1) is 0 Å². The molecule has 5 nitrogen and oxygen atoms in total. The van der Waals surface area contributed by atoms with E-state index in [-0.39, 0.29) is 36.4 Å². The van der Waals surface area contributed by atoms with Crippen LogP contribution < -0.4 is 15.2 Å². The van der Waals surface area contributed by atoms with Gasteiger partial charge in [0.2, 0.25) is 0 Å². The van der Waals surface area contributed by atoms with E-state index in [4.69, 9.17) is 10.5 Å². The average Bonchev–Trinajstić information content (AvgIpc) is 2.57. The highest BCUT2D eigenvalue weighted by atomic mass is 35.5. The Labute approximate surface area is 157 Å². The first kappa shape index (κ1) is 21.5. The topological polar surface area (TPSA) is 64.8 Å². The molecule has 0 saturated carbocycles. The van der Waals surface area contributed by atoms with Crippen LogP contribution in [0.1, 0.15) is 22.8 Å². The molecule has 8 heteroatoms. The van der Waals surface area contributed by atoms with Gasteiger partial charge >= 0.3 is 6.61 Å². The Morgan fingerprint density at radius 3 is 2.38 bits per heavy atom. The van der Waals surface area contributed by atoms with Crippen molar-refractivity contribution in [3.05, 3.63) is 53.6 Å². The molecule has 0 unspecified atom stereocenters. The molecule has 0 aromatic heterocycles. The van der Waals surface area contributed by atoms with Crippen LogP contribution in [0.5, 0.6) is 11.5 Å². The van der Waals surface area contributed by atoms with Gasteiger partial charge in [0.05, 0.1) is 6.61 Å². The van der Waals surface area contributed by atoms with Crippen LogP contribution in [0.15, 0.2) is 42.5 Å². The van der Waals surface area contributed by atoms with Crippen molar-refractivity contribution in [1.82, 2.24) is 4.90 Å². The minimum atomic E-state index is -2.93. The molecule has 0 spiro atoms. The highest BCUT2D eigenvalue weighted by Gasteiger charge is 2.15. The molecular weight excluding hydrogens is 366 g/mol. The van der Waals surface area contributed by atoms with Crippen molar-refractivity contribution >= 4 is 24.0 Å². The number of benzene rings is 2. The summed E-state index contributed by atoms with van der Waals surface area (Å²) in [6, 6.07) is 11.2. The minimum absolute atomic E-state index is 0. The van der Waals surface area contributed by atoms with E-state index in [1.54, 1.807) is 50.4 Å². The molecule has 0 radical (unpaired) electrons. The maximum absolute atomic E-state index is 12.4. The van der Waals surface area contributed by atoms with E-state index in [1.807, 2.05) is 0 Å². The predicted octanol–water partition coefficient (Wildman–Crippen LogP) is 3.96. The van der Waals surface area contributed by atoms with Crippen LogP contribution in [0.2, 0.25) is 0 Å². The number of ether oxygens (including phenoxy) is 2. The molecular formula is C18H21ClF2N2O3. The highest BCUT2D eigenvalue weighted by Crippen LogP contribution is 2.30. The normalized spacial score (nSPS) is 10.2. The fourth-order valence-corrected chi connectivity index (χ4v) is 2.30. The van der Waals surface area contributed by atoms with Crippen LogP contribution in [-0.2, 0) is 6.54 Å². The van der Waals surface area contributed by atoms with Crippen molar-refractivity contribution in [1.29, 1.82) is 0 Å². The quantitative estimate of drug-likeness (QED) is 0.731. The number of nitrogen functional groups attached to an aromatic ring is 1. The summed E-state index contributed by atoms with van der Waals surface area (Å²) in [6.07, 6.45) is 0. The summed E-state index contributed by atoms with van der Waals surface area (Å²) in [6.45, 7) is -0.586. The van der Waals surface area contributed by atoms with Crippen molar-refractivity contribution < 1.29 is 23.0 Å². The standard InChI is InChI=1S/C18H20F2N2O3.ClH/c1-3-24-16-10-12(4-9-15(16)25-18(19)20)11-22(2)17(23)13-5-7-14(21)8-6-13;/h4-10,18H,3,11,21H2,1-2H3;1H. The lowest BCUT2D eigenvalue weighted by molar-refractivity contribution is -0.0514. The van der Waals surface area contributed by atoms with E-state index in [9.17, 15) is 13.6 Å². The second-order valence-electron chi connectivity index (χ2n) is 5.38. The van der Waals surface area contributed by atoms with Crippen LogP contribution in [-0.4, -0.2) is 31.1 Å². The number of alkyl halides is 2. The predicted molar refractivity (Wildman–Crippen MR) is 98.1 cm³/mol. The zero-order chi connectivity index (χ0) is 18.4. The molecule has 0 aliphatic carbocycles. The number of carbonyl (C=O) groups excluding carboxylic acids is 1. The summed E-state index contributed by atoms with van der Waals surface area (Å²) in [5.41, 5.74) is 7.44. The number of carbonyl (C=O) groups is 1. The van der Waals surface area contributed by atoms with E-state index in [0.717, 1.165) is 5.56 Å². The van der Waals surface area contributed by atoms with Gasteiger partial charge in [-0.05, 0) is 48.9 Å². The number of nitrogens with zero attached hydrogens (tertiary/aromatic N) is 1. The number of amides is 1. The Hall–Kier alpha value is -2.54. The van der Waals surface area contributed by atoms with E-state index in [1.165, 1.54) is 11.0 Å². The molecule has 0 aliphatic rings. The van der Waals surface area contributed by atoms with Crippen LogP contribution in [0.4, 0.5) is 14.5 Å². The second-order valence-corrected chi connectivity index (χ2v) is 5.38. The van der Waals surface area contributed by atoms with Crippen molar-refractivity contribution in [2.24, 2.45) is 0 Å². The third-order valence-electron chi connectivity index (χ3n) is 3.45. The van der Waals surface area contributed by atoms with Gasteiger partial charge in [-0.3, -0.25) is 4.79 Å². The fraction of sp³-hybridized carbons (Fsp3) is 0.278. The second kappa shape index (κ2) is 9.82. The molecule has 2 N–H and O–H groups in total. The summed E-state index contributed by atoms with van der Waals surface area (Å²) >= 11 is 0. The zero-order valence-electron chi connectivity index (χ0n) is 14.4. The van der Waals surface area contributed by atoms with Gasteiger partial charge in [-0.25, -0.2) is 0 Å². The SMILES string of the molecule is CCOc1cc(CN(C)C(=O)c2ccc(N)cc2)ccc1OC(F)F.Cl. The summed E-state index contributed by atoms with van der Waals surface area (Å²) in [7, 11) is 1.66. The molecule has 0 fully saturated rings. The van der Waals surface area contributed by atoms with E-state index in [0.29, 0.717) is 17.9 Å². The van der Waals surface area contributed by atoms with Gasteiger partial charge in [0.15, 0.2) is 11.5 Å². The summed E-state index contributed by atoms with van der Waals surface area (Å²) in [5, 5.41) is 0. The fourth-order valence-electron chi connectivity index (χ4n) is 2.30. The van der Waals surface area contributed by atoms with Crippen molar-refractivity contribution in [3.8, 4) is 11.5 Å². The third kappa shape index (κ3) is 5.77. The van der Waals surface area contributed by atoms with Crippen molar-refractivity contribution in [2.45, 2.75) is 20.1 Å². The monoisotopic (exact) mass is 386 g/mol. The molecule has 0 atom stereocenters. The van der Waals surface area contributed by atoms with Gasteiger partial charge < -0.3 is 20.1 Å². The number of hydrogen-bond donors (Lipinski definition) is 1. The average molecular weight is 387 g/mol. The van der Waals surface area contributed by atoms with E-state index in [2.05, 4.69) is 4.74 Å². The summed E-state index contributed by atoms with van der Waals surface area (Å²) in [4.78, 5) is 13.9. The molecule has 0 heterocycles. The van der Waals surface area contributed by atoms with E-state index >= 15 is 0 Å². The molecule has 142 valence electrons. The Morgan fingerprint density at radius 2 is 1.81 bits per heavy atom. The largest absolute Gasteiger partial charge is 0.490 e. The highest BCUT2D eigenvalue weighted by molar-refractivity contribution is 5.94. The molecule has 0 bridgehead atoms. The molecule has 26 heavy (non-hydrogen) atoms. The van der Waals surface area contributed by atoms with Crippen molar-refractivity contribution in [2.75, 3.05) is 19.4 Å². The molecule has 0 aliphatic heterocycles.